The molecule has 0 aromatic carbocycles. The van der Waals surface area contributed by atoms with Gasteiger partial charge in [0, 0.05) is 0 Å². The molecule has 44 valence electrons. The van der Waals surface area contributed by atoms with Gasteiger partial charge >= 0.3 is 18.2 Å². The number of halogens is 1. The first-order valence-corrected chi connectivity index (χ1v) is 7.69. The summed E-state index contributed by atoms with van der Waals surface area (Å²) >= 11 is 3.54. The molecule has 0 amide bonds. The van der Waals surface area contributed by atoms with Crippen molar-refractivity contribution in [2.75, 3.05) is 0 Å². The molecule has 2 heteroatoms. The van der Waals surface area contributed by atoms with E-state index in [4.69, 9.17) is 0 Å². The lowest BCUT2D eigenvalue weighted by atomic mass is 10.3. The van der Waals surface area contributed by atoms with Crippen molar-refractivity contribution >= 4 is 31.1 Å². The highest BCUT2D eigenvalue weighted by Crippen LogP contribution is 2.02. The molecular formula is C6H11BrMg. The van der Waals surface area contributed by atoms with Gasteiger partial charge in [-0.3, -0.25) is 12.9 Å². The van der Waals surface area contributed by atoms with Gasteiger partial charge in [-0.05, 0) is 6.42 Å². The van der Waals surface area contributed by atoms with E-state index in [2.05, 4.69) is 32.8 Å². The highest BCUT2D eigenvalue weighted by Gasteiger charge is 1.92. The molecule has 0 N–H and O–H groups in total. The Morgan fingerprint density at radius 1 is 1.62 bits per heavy atom. The van der Waals surface area contributed by atoms with Gasteiger partial charge in [0.1, 0.15) is 0 Å². The van der Waals surface area contributed by atoms with E-state index in [1.165, 1.54) is 12.8 Å². The summed E-state index contributed by atoms with van der Waals surface area (Å²) in [6, 6.07) is 0. The summed E-state index contributed by atoms with van der Waals surface area (Å²) in [6.07, 6.45) is 4.77. The third-order valence-electron chi connectivity index (χ3n) is 1.12. The van der Waals surface area contributed by atoms with Crippen molar-refractivity contribution in [2.45, 2.75) is 26.7 Å². The van der Waals surface area contributed by atoms with Crippen LogP contribution in [0.3, 0.4) is 0 Å². The summed E-state index contributed by atoms with van der Waals surface area (Å²) in [5.74, 6) is 0. The number of allylic oxidation sites excluding steroid dienone is 2. The third kappa shape index (κ3) is 3.93. The van der Waals surface area contributed by atoms with E-state index in [0.29, 0.717) is 0 Å². The maximum Gasteiger partial charge on any atom is 0.501 e. The number of hydrogen-bond donors (Lipinski definition) is 0. The van der Waals surface area contributed by atoms with Crippen LogP contribution in [-0.2, 0) is 0 Å². The Hall–Kier alpha value is 0.986. The molecule has 0 nitrogen and oxygen atoms in total. The molecule has 0 bridgehead atoms. The van der Waals surface area contributed by atoms with Crippen LogP contribution in [0.1, 0.15) is 26.7 Å². The molecule has 0 saturated heterocycles. The zero-order valence-corrected chi connectivity index (χ0v) is 8.58. The topological polar surface area (TPSA) is 0 Å². The quantitative estimate of drug-likeness (QED) is 0.596. The Morgan fingerprint density at radius 2 is 2.25 bits per heavy atom. The lowest BCUT2D eigenvalue weighted by Gasteiger charge is -1.93. The second-order valence-corrected chi connectivity index (χ2v) is 4.62. The summed E-state index contributed by atoms with van der Waals surface area (Å²) in [7, 11) is 0. The predicted molar refractivity (Wildman–Crippen MR) is 43.3 cm³/mol. The molecule has 0 aliphatic carbocycles. The Morgan fingerprint density at radius 3 is 2.38 bits per heavy atom. The fourth-order valence-corrected chi connectivity index (χ4v) is 3.05. The molecule has 0 unspecified atom stereocenters. The molecular weight excluding hydrogens is 176 g/mol. The highest BCUT2D eigenvalue weighted by atomic mass is 79.9. The van der Waals surface area contributed by atoms with Gasteiger partial charge in [0.2, 0.25) is 0 Å². The molecule has 0 aliphatic rings. The maximum absolute atomic E-state index is 3.55. The lowest BCUT2D eigenvalue weighted by molar-refractivity contribution is 1.13. The minimum Gasteiger partial charge on any atom is -0.297 e. The summed E-state index contributed by atoms with van der Waals surface area (Å²) in [5.41, 5.74) is 0. The maximum atomic E-state index is 3.55. The average Bonchev–Trinajstić information content (AvgIpc) is 1.83. The van der Waals surface area contributed by atoms with E-state index in [-0.39, 0.29) is 18.2 Å². The van der Waals surface area contributed by atoms with Crippen molar-refractivity contribution in [3.05, 3.63) is 9.78 Å². The molecule has 0 fully saturated rings. The normalized spacial score (nSPS) is 11.1. The van der Waals surface area contributed by atoms with Gasteiger partial charge in [-0.2, -0.15) is 3.70 Å². The number of rotatable bonds is 3. The van der Waals surface area contributed by atoms with E-state index in [9.17, 15) is 0 Å². The number of hydrogen-bond acceptors (Lipinski definition) is 0. The van der Waals surface area contributed by atoms with Gasteiger partial charge in [0.05, 0.1) is 0 Å². The van der Waals surface area contributed by atoms with Crippen LogP contribution in [0.4, 0.5) is 0 Å². The van der Waals surface area contributed by atoms with E-state index >= 15 is 0 Å². The lowest BCUT2D eigenvalue weighted by Crippen LogP contribution is -1.83. The van der Waals surface area contributed by atoms with Crippen LogP contribution in [0.25, 0.3) is 0 Å². The van der Waals surface area contributed by atoms with E-state index in [0.717, 1.165) is 0 Å². The second kappa shape index (κ2) is 6.11. The standard InChI is InChI=1S/C6H11.BrH.Mg/c1-3-5-6-4-2;;/h5H,3-4H2,1-2H3;1H;/q;;+1/p-1. The van der Waals surface area contributed by atoms with Crippen molar-refractivity contribution in [1.29, 1.82) is 0 Å². The zero-order chi connectivity index (χ0) is 6.41. The Bertz CT molecular complexity index is 72.6. The van der Waals surface area contributed by atoms with Crippen molar-refractivity contribution in [3.8, 4) is 0 Å². The monoisotopic (exact) mass is 186 g/mol. The largest absolute Gasteiger partial charge is 0.501 e. The van der Waals surface area contributed by atoms with E-state index in [1.54, 1.807) is 3.70 Å². The minimum absolute atomic E-state index is 0.00943. The summed E-state index contributed by atoms with van der Waals surface area (Å²) in [4.78, 5) is 0. The molecule has 0 rings (SSSR count). The van der Waals surface area contributed by atoms with Crippen LogP contribution < -0.4 is 0 Å². The van der Waals surface area contributed by atoms with Gasteiger partial charge in [0.25, 0.3) is 0 Å². The molecule has 0 aromatic rings. The molecule has 0 saturated carbocycles. The molecule has 0 spiro atoms. The minimum atomic E-state index is -0.00943. The first kappa shape index (κ1) is 8.99. The van der Waals surface area contributed by atoms with Gasteiger partial charge in [-0.15, -0.1) is 6.08 Å². The third-order valence-corrected chi connectivity index (χ3v) is 4.41. The summed E-state index contributed by atoms with van der Waals surface area (Å²) in [6.45, 7) is 4.41. The van der Waals surface area contributed by atoms with Crippen molar-refractivity contribution < 1.29 is 0 Å². The Labute approximate surface area is 67.3 Å². The van der Waals surface area contributed by atoms with Crippen LogP contribution >= 0.6 is 12.9 Å². The smallest absolute Gasteiger partial charge is 0.297 e. The van der Waals surface area contributed by atoms with Gasteiger partial charge in [-0.25, -0.2) is 0 Å². The highest BCUT2D eigenvalue weighted by molar-refractivity contribution is 9.23. The van der Waals surface area contributed by atoms with Crippen molar-refractivity contribution in [1.82, 2.24) is 0 Å². The molecule has 8 heavy (non-hydrogen) atoms. The summed E-state index contributed by atoms with van der Waals surface area (Å²) < 4.78 is 1.65. The molecule has 0 aromatic heterocycles. The second-order valence-electron chi connectivity index (χ2n) is 1.76. The van der Waals surface area contributed by atoms with Gasteiger partial charge in [0.15, 0.2) is 0 Å². The zero-order valence-electron chi connectivity index (χ0n) is 5.58. The Balaban J connectivity index is 3.49. The Kier molecular flexibility index (Phi) is 6.86. The summed E-state index contributed by atoms with van der Waals surface area (Å²) in [5, 5.41) is 0. The fourth-order valence-electron chi connectivity index (χ4n) is 0.582. The predicted octanol–water partition coefficient (Wildman–Crippen LogP) is 2.70. The van der Waals surface area contributed by atoms with Crippen molar-refractivity contribution in [3.63, 3.8) is 0 Å². The van der Waals surface area contributed by atoms with Crippen LogP contribution in [0.2, 0.25) is 0 Å². The first-order valence-electron chi connectivity index (χ1n) is 3.09. The van der Waals surface area contributed by atoms with Gasteiger partial charge in [-0.1, -0.05) is 20.3 Å². The molecule has 0 atom stereocenters. The van der Waals surface area contributed by atoms with Crippen molar-refractivity contribution in [2.24, 2.45) is 0 Å². The molecule has 0 heterocycles. The van der Waals surface area contributed by atoms with Crippen LogP contribution in [0.5, 0.6) is 0 Å². The van der Waals surface area contributed by atoms with E-state index in [1.807, 2.05) is 0 Å². The van der Waals surface area contributed by atoms with Gasteiger partial charge < -0.3 is 0 Å². The molecule has 0 aliphatic heterocycles. The van der Waals surface area contributed by atoms with Crippen LogP contribution in [0, 0.1) is 0 Å². The van der Waals surface area contributed by atoms with Crippen LogP contribution in [-0.4, -0.2) is 18.2 Å². The average molecular weight is 187 g/mol. The first-order chi connectivity index (χ1) is 3.85. The molecule has 0 radical (unpaired) electrons. The van der Waals surface area contributed by atoms with Crippen LogP contribution in [0.15, 0.2) is 9.78 Å². The SMILES string of the molecule is CCC=[C](CC)[Mg][Br]. The van der Waals surface area contributed by atoms with E-state index < -0.39 is 0 Å². The fraction of sp³-hybridized carbons (Fsp3) is 0.667.